The van der Waals surface area contributed by atoms with Crippen LogP contribution in [0.3, 0.4) is 0 Å². The van der Waals surface area contributed by atoms with Crippen LogP contribution in [-0.2, 0) is 6.42 Å². The summed E-state index contributed by atoms with van der Waals surface area (Å²) < 4.78 is 5.17. The number of aromatic nitrogens is 1. The number of aryl methyl sites for hydroxylation is 1. The van der Waals surface area contributed by atoms with Gasteiger partial charge in [0.05, 0.1) is 7.11 Å². The van der Waals surface area contributed by atoms with Gasteiger partial charge in [0.2, 0.25) is 0 Å². The van der Waals surface area contributed by atoms with Gasteiger partial charge in [0, 0.05) is 11.4 Å². The van der Waals surface area contributed by atoms with E-state index in [1.807, 2.05) is 24.3 Å². The lowest BCUT2D eigenvalue weighted by atomic mass is 10.1. The average molecular weight is 292 g/mol. The van der Waals surface area contributed by atoms with Gasteiger partial charge in [-0.2, -0.15) is 0 Å². The molecule has 0 bridgehead atoms. The molecule has 2 rings (SSSR count). The number of methoxy groups -OCH3 is 1. The zero-order valence-electron chi connectivity index (χ0n) is 11.3. The van der Waals surface area contributed by atoms with E-state index in [1.165, 1.54) is 11.3 Å². The molecule has 0 saturated carbocycles. The first-order valence-electron chi connectivity index (χ1n) is 6.17. The van der Waals surface area contributed by atoms with Crippen molar-refractivity contribution in [1.29, 1.82) is 0 Å². The van der Waals surface area contributed by atoms with Crippen molar-refractivity contribution in [3.8, 4) is 5.75 Å². The van der Waals surface area contributed by atoms with Crippen molar-refractivity contribution >= 4 is 22.4 Å². The summed E-state index contributed by atoms with van der Waals surface area (Å²) in [6.07, 6.45) is 0.818. The molecule has 0 atom stereocenters. The van der Waals surface area contributed by atoms with Gasteiger partial charge in [0.15, 0.2) is 10.8 Å². The number of carbonyl (C=O) groups is 1. The molecule has 0 aliphatic heterocycles. The molecule has 1 aromatic carbocycles. The number of aromatic carboxylic acids is 1. The SMILES string of the molecule is COc1cccc(CCNc2nc(C(=O)O)c(C)s2)c1. The fourth-order valence-corrected chi connectivity index (χ4v) is 2.64. The van der Waals surface area contributed by atoms with E-state index in [9.17, 15) is 4.79 Å². The molecule has 1 aromatic heterocycles. The van der Waals surface area contributed by atoms with Crippen LogP contribution in [-0.4, -0.2) is 29.7 Å². The Morgan fingerprint density at radius 1 is 1.50 bits per heavy atom. The van der Waals surface area contributed by atoms with Crippen molar-refractivity contribution in [3.63, 3.8) is 0 Å². The topological polar surface area (TPSA) is 71.5 Å². The van der Waals surface area contributed by atoms with Crippen LogP contribution in [0.4, 0.5) is 5.13 Å². The van der Waals surface area contributed by atoms with Gasteiger partial charge >= 0.3 is 5.97 Å². The fourth-order valence-electron chi connectivity index (χ4n) is 1.81. The quantitative estimate of drug-likeness (QED) is 0.856. The van der Waals surface area contributed by atoms with Crippen LogP contribution in [0.5, 0.6) is 5.75 Å². The summed E-state index contributed by atoms with van der Waals surface area (Å²) in [6, 6.07) is 7.86. The van der Waals surface area contributed by atoms with Crippen LogP contribution in [0.25, 0.3) is 0 Å². The van der Waals surface area contributed by atoms with Crippen LogP contribution < -0.4 is 10.1 Å². The smallest absolute Gasteiger partial charge is 0.355 e. The molecule has 0 saturated heterocycles. The number of ether oxygens (including phenoxy) is 1. The highest BCUT2D eigenvalue weighted by atomic mass is 32.1. The Balaban J connectivity index is 1.92. The highest BCUT2D eigenvalue weighted by Crippen LogP contribution is 2.22. The molecule has 0 radical (unpaired) electrons. The van der Waals surface area contributed by atoms with E-state index in [0.717, 1.165) is 17.7 Å². The van der Waals surface area contributed by atoms with Crippen molar-refractivity contribution in [2.45, 2.75) is 13.3 Å². The molecule has 20 heavy (non-hydrogen) atoms. The van der Waals surface area contributed by atoms with Gasteiger partial charge in [-0.05, 0) is 31.0 Å². The summed E-state index contributed by atoms with van der Waals surface area (Å²) >= 11 is 1.36. The minimum Gasteiger partial charge on any atom is -0.497 e. The summed E-state index contributed by atoms with van der Waals surface area (Å²) in [7, 11) is 1.64. The van der Waals surface area contributed by atoms with E-state index >= 15 is 0 Å². The number of hydrogen-bond donors (Lipinski definition) is 2. The molecular formula is C14H16N2O3S. The first-order chi connectivity index (χ1) is 9.60. The molecule has 2 N–H and O–H groups in total. The van der Waals surface area contributed by atoms with Gasteiger partial charge < -0.3 is 15.2 Å². The lowest BCUT2D eigenvalue weighted by molar-refractivity contribution is 0.0690. The van der Waals surface area contributed by atoms with E-state index in [0.29, 0.717) is 16.6 Å². The summed E-state index contributed by atoms with van der Waals surface area (Å²) in [6.45, 7) is 2.45. The van der Waals surface area contributed by atoms with Crippen molar-refractivity contribution in [1.82, 2.24) is 4.98 Å². The minimum atomic E-state index is -0.986. The molecule has 0 fully saturated rings. The van der Waals surface area contributed by atoms with Crippen molar-refractivity contribution in [2.24, 2.45) is 0 Å². The number of benzene rings is 1. The van der Waals surface area contributed by atoms with Gasteiger partial charge in [-0.1, -0.05) is 12.1 Å². The largest absolute Gasteiger partial charge is 0.497 e. The Hall–Kier alpha value is -2.08. The fraction of sp³-hybridized carbons (Fsp3) is 0.286. The van der Waals surface area contributed by atoms with E-state index in [4.69, 9.17) is 9.84 Å². The van der Waals surface area contributed by atoms with Crippen molar-refractivity contribution in [2.75, 3.05) is 19.0 Å². The molecule has 1 heterocycles. The molecule has 5 nitrogen and oxygen atoms in total. The van der Waals surface area contributed by atoms with Crippen LogP contribution in [0.2, 0.25) is 0 Å². The maximum absolute atomic E-state index is 10.9. The minimum absolute atomic E-state index is 0.124. The first kappa shape index (κ1) is 14.3. The predicted molar refractivity (Wildman–Crippen MR) is 79.0 cm³/mol. The Morgan fingerprint density at radius 2 is 2.30 bits per heavy atom. The second-order valence-corrected chi connectivity index (χ2v) is 5.46. The second-order valence-electron chi connectivity index (χ2n) is 4.26. The van der Waals surface area contributed by atoms with Gasteiger partial charge in [0.25, 0.3) is 0 Å². The summed E-state index contributed by atoms with van der Waals surface area (Å²) in [5.74, 6) is -0.152. The summed E-state index contributed by atoms with van der Waals surface area (Å²) in [5.41, 5.74) is 1.28. The highest BCUT2D eigenvalue weighted by molar-refractivity contribution is 7.15. The normalized spacial score (nSPS) is 10.3. The maximum Gasteiger partial charge on any atom is 0.355 e. The van der Waals surface area contributed by atoms with Crippen molar-refractivity contribution in [3.05, 3.63) is 40.4 Å². The summed E-state index contributed by atoms with van der Waals surface area (Å²) in [4.78, 5) is 15.7. The van der Waals surface area contributed by atoms with Crippen LogP contribution in [0, 0.1) is 6.92 Å². The molecular weight excluding hydrogens is 276 g/mol. The molecule has 0 spiro atoms. The van der Waals surface area contributed by atoms with Gasteiger partial charge in [0.1, 0.15) is 5.75 Å². The number of rotatable bonds is 6. The Bertz CT molecular complexity index is 610. The van der Waals surface area contributed by atoms with Crippen LogP contribution in [0.15, 0.2) is 24.3 Å². The third-order valence-electron chi connectivity index (χ3n) is 2.82. The maximum atomic E-state index is 10.9. The molecule has 2 aromatic rings. The zero-order valence-corrected chi connectivity index (χ0v) is 12.2. The van der Waals surface area contributed by atoms with Crippen LogP contribution in [0.1, 0.15) is 20.9 Å². The van der Waals surface area contributed by atoms with E-state index in [1.54, 1.807) is 14.0 Å². The highest BCUT2D eigenvalue weighted by Gasteiger charge is 2.13. The zero-order chi connectivity index (χ0) is 14.5. The standard InChI is InChI=1S/C14H16N2O3S/c1-9-12(13(17)18)16-14(20-9)15-7-6-10-4-3-5-11(8-10)19-2/h3-5,8H,6-7H2,1-2H3,(H,15,16)(H,17,18). The average Bonchev–Trinajstić information content (AvgIpc) is 2.80. The first-order valence-corrected chi connectivity index (χ1v) is 6.99. The third-order valence-corrected chi connectivity index (χ3v) is 3.75. The Morgan fingerprint density at radius 3 is 2.95 bits per heavy atom. The molecule has 0 amide bonds. The lowest BCUT2D eigenvalue weighted by Crippen LogP contribution is -2.05. The molecule has 0 unspecified atom stereocenters. The summed E-state index contributed by atoms with van der Waals surface area (Å²) in [5, 5.41) is 12.7. The number of anilines is 1. The van der Waals surface area contributed by atoms with E-state index < -0.39 is 5.97 Å². The monoisotopic (exact) mass is 292 g/mol. The molecule has 0 aliphatic carbocycles. The van der Waals surface area contributed by atoms with Crippen molar-refractivity contribution < 1.29 is 14.6 Å². The number of carboxylic acid groups (broad SMARTS) is 1. The number of nitrogens with one attached hydrogen (secondary N) is 1. The molecule has 0 aliphatic rings. The predicted octanol–water partition coefficient (Wildman–Crippen LogP) is 2.81. The van der Waals surface area contributed by atoms with E-state index in [-0.39, 0.29) is 5.69 Å². The third kappa shape index (κ3) is 3.48. The van der Waals surface area contributed by atoms with Crippen LogP contribution >= 0.6 is 11.3 Å². The molecule has 6 heteroatoms. The number of nitrogens with zero attached hydrogens (tertiary/aromatic N) is 1. The Labute approximate surface area is 121 Å². The van der Waals surface area contributed by atoms with Gasteiger partial charge in [-0.25, -0.2) is 9.78 Å². The van der Waals surface area contributed by atoms with E-state index in [2.05, 4.69) is 10.3 Å². The second kappa shape index (κ2) is 6.38. The van der Waals surface area contributed by atoms with Gasteiger partial charge in [-0.3, -0.25) is 0 Å². The van der Waals surface area contributed by atoms with Gasteiger partial charge in [-0.15, -0.1) is 11.3 Å². The number of hydrogen-bond acceptors (Lipinski definition) is 5. The number of carboxylic acids is 1. The Kier molecular flexibility index (Phi) is 4.57. The lowest BCUT2D eigenvalue weighted by Gasteiger charge is -2.05. The number of thiazole rings is 1. The molecule has 106 valence electrons.